The van der Waals surface area contributed by atoms with Gasteiger partial charge in [-0.25, -0.2) is 0 Å². The highest BCUT2D eigenvalue weighted by molar-refractivity contribution is 6.04. The van der Waals surface area contributed by atoms with Gasteiger partial charge < -0.3 is 9.47 Å². The van der Waals surface area contributed by atoms with E-state index in [4.69, 9.17) is 9.47 Å². The molecule has 0 radical (unpaired) electrons. The van der Waals surface area contributed by atoms with E-state index < -0.39 is 5.72 Å². The van der Waals surface area contributed by atoms with Gasteiger partial charge in [-0.1, -0.05) is 48.6 Å². The van der Waals surface area contributed by atoms with Gasteiger partial charge in [-0.3, -0.25) is 9.69 Å². The molecule has 0 bridgehead atoms. The van der Waals surface area contributed by atoms with Crippen molar-refractivity contribution in [2.45, 2.75) is 5.72 Å². The zero-order chi connectivity index (χ0) is 16.9. The number of likely N-dealkylation sites (N-methyl/N-ethyl adjacent to an activating group) is 1. The highest BCUT2D eigenvalue weighted by Crippen LogP contribution is 2.37. The fourth-order valence-corrected chi connectivity index (χ4v) is 2.91. The Kier molecular flexibility index (Phi) is 5.53. The number of carbonyl (C=O) groups is 1. The van der Waals surface area contributed by atoms with Crippen LogP contribution in [-0.4, -0.2) is 44.7 Å². The summed E-state index contributed by atoms with van der Waals surface area (Å²) >= 11 is 0. The van der Waals surface area contributed by atoms with Crippen LogP contribution in [0.1, 0.15) is 10.4 Å². The highest BCUT2D eigenvalue weighted by atomic mass is 16.5. The molecule has 2 rings (SSSR count). The number of carbonyl (C=O) groups excluding carboxylic acids is 1. The van der Waals surface area contributed by atoms with Crippen molar-refractivity contribution in [1.29, 1.82) is 0 Å². The predicted molar refractivity (Wildman–Crippen MR) is 91.1 cm³/mol. The summed E-state index contributed by atoms with van der Waals surface area (Å²) in [4.78, 5) is 14.2. The topological polar surface area (TPSA) is 38.8 Å². The summed E-state index contributed by atoms with van der Waals surface area (Å²) in [6.45, 7) is 0. The van der Waals surface area contributed by atoms with Crippen LogP contribution in [-0.2, 0) is 9.47 Å². The molecule has 1 aliphatic rings. The Labute approximate surface area is 137 Å². The van der Waals surface area contributed by atoms with E-state index in [2.05, 4.69) is 0 Å². The normalized spacial score (nSPS) is 24.0. The lowest BCUT2D eigenvalue weighted by molar-refractivity contribution is -0.131. The third-order valence-corrected chi connectivity index (χ3v) is 4.08. The smallest absolute Gasteiger partial charge is 0.188 e. The maximum Gasteiger partial charge on any atom is 0.188 e. The summed E-state index contributed by atoms with van der Waals surface area (Å²) in [6, 6.07) is 9.21. The number of rotatable bonds is 6. The minimum absolute atomic E-state index is 0.0312. The summed E-state index contributed by atoms with van der Waals surface area (Å²) < 4.78 is 11.3. The first-order valence-electron chi connectivity index (χ1n) is 7.49. The summed E-state index contributed by atoms with van der Waals surface area (Å²) in [6.07, 6.45) is 9.26. The maximum absolute atomic E-state index is 12.3. The first-order valence-corrected chi connectivity index (χ1v) is 7.49. The van der Waals surface area contributed by atoms with Crippen LogP contribution in [0.5, 0.6) is 0 Å². The Morgan fingerprint density at radius 2 is 1.91 bits per heavy atom. The molecule has 0 heterocycles. The summed E-state index contributed by atoms with van der Waals surface area (Å²) in [5, 5.41) is 0. The highest BCUT2D eigenvalue weighted by Gasteiger charge is 2.45. The van der Waals surface area contributed by atoms with Crippen molar-refractivity contribution in [2.24, 2.45) is 5.92 Å². The lowest BCUT2D eigenvalue weighted by atomic mass is 9.87. The molecule has 0 aromatic heterocycles. The van der Waals surface area contributed by atoms with Gasteiger partial charge in [0, 0.05) is 18.6 Å². The maximum atomic E-state index is 12.3. The van der Waals surface area contributed by atoms with Crippen LogP contribution >= 0.6 is 0 Å². The average molecular weight is 313 g/mol. The van der Waals surface area contributed by atoms with Gasteiger partial charge in [-0.05, 0) is 26.2 Å². The molecule has 23 heavy (non-hydrogen) atoms. The van der Waals surface area contributed by atoms with E-state index in [9.17, 15) is 4.79 Å². The molecule has 0 saturated carbocycles. The third kappa shape index (κ3) is 3.28. The largest absolute Gasteiger partial charge is 0.496 e. The molecular formula is C19H23NO3. The van der Waals surface area contributed by atoms with E-state index in [0.717, 1.165) is 0 Å². The Balaban J connectivity index is 2.30. The van der Waals surface area contributed by atoms with E-state index in [-0.39, 0.29) is 11.7 Å². The van der Waals surface area contributed by atoms with Crippen molar-refractivity contribution in [2.75, 3.05) is 28.3 Å². The molecule has 0 saturated heterocycles. The molecule has 0 aliphatic heterocycles. The summed E-state index contributed by atoms with van der Waals surface area (Å²) in [7, 11) is 7.12. The Hall–Kier alpha value is -2.17. The van der Waals surface area contributed by atoms with Crippen molar-refractivity contribution in [3.8, 4) is 0 Å². The van der Waals surface area contributed by atoms with Gasteiger partial charge in [0.25, 0.3) is 0 Å². The monoisotopic (exact) mass is 313 g/mol. The summed E-state index contributed by atoms with van der Waals surface area (Å²) in [5.74, 6) is 0.528. The van der Waals surface area contributed by atoms with E-state index in [0.29, 0.717) is 11.3 Å². The van der Waals surface area contributed by atoms with E-state index >= 15 is 0 Å². The second-order valence-electron chi connectivity index (χ2n) is 5.53. The molecule has 1 aliphatic carbocycles. The fraction of sp³-hybridized carbons (Fsp3) is 0.316. The lowest BCUT2D eigenvalue weighted by Crippen LogP contribution is -2.53. The molecule has 2 unspecified atom stereocenters. The van der Waals surface area contributed by atoms with Crippen LogP contribution in [0.2, 0.25) is 0 Å². The van der Waals surface area contributed by atoms with Gasteiger partial charge in [-0.15, -0.1) is 0 Å². The number of nitrogens with zero attached hydrogens (tertiary/aromatic N) is 1. The van der Waals surface area contributed by atoms with Gasteiger partial charge >= 0.3 is 0 Å². The second kappa shape index (κ2) is 7.40. The van der Waals surface area contributed by atoms with Gasteiger partial charge in [0.05, 0.1) is 7.11 Å². The Bertz CT molecular complexity index is 631. The first kappa shape index (κ1) is 17.2. The number of allylic oxidation sites excluding steroid dienone is 3. The Morgan fingerprint density at radius 1 is 1.22 bits per heavy atom. The van der Waals surface area contributed by atoms with E-state index in [1.54, 1.807) is 32.4 Å². The van der Waals surface area contributed by atoms with Crippen molar-refractivity contribution < 1.29 is 14.3 Å². The zero-order valence-corrected chi connectivity index (χ0v) is 14.0. The average Bonchev–Trinajstić information content (AvgIpc) is 2.59. The van der Waals surface area contributed by atoms with Crippen LogP contribution in [0.3, 0.4) is 0 Å². The molecule has 122 valence electrons. The molecule has 1 aromatic rings. The van der Waals surface area contributed by atoms with Crippen molar-refractivity contribution in [3.63, 3.8) is 0 Å². The predicted octanol–water partition coefficient (Wildman–Crippen LogP) is 3.05. The quantitative estimate of drug-likeness (QED) is 0.460. The standard InChI is InChI=1S/C19H23NO3/c1-20(2)19(23-4)16(11-8-12-18(19)22-3)13-14-17(21)15-9-6-5-7-10-15/h5-14,16H,1-4H3. The fourth-order valence-electron chi connectivity index (χ4n) is 2.91. The number of methoxy groups -OCH3 is 2. The number of hydrogen-bond donors (Lipinski definition) is 0. The molecule has 0 amide bonds. The van der Waals surface area contributed by atoms with Crippen molar-refractivity contribution >= 4 is 5.78 Å². The van der Waals surface area contributed by atoms with Crippen LogP contribution in [0.4, 0.5) is 0 Å². The second-order valence-corrected chi connectivity index (χ2v) is 5.53. The number of ether oxygens (including phenoxy) is 2. The number of ketones is 1. The van der Waals surface area contributed by atoms with Gasteiger partial charge in [0.2, 0.25) is 0 Å². The number of hydrogen-bond acceptors (Lipinski definition) is 4. The lowest BCUT2D eigenvalue weighted by Gasteiger charge is -2.44. The van der Waals surface area contributed by atoms with Crippen LogP contribution in [0, 0.1) is 5.92 Å². The Morgan fingerprint density at radius 3 is 2.48 bits per heavy atom. The first-order chi connectivity index (χ1) is 11.1. The number of benzene rings is 1. The van der Waals surface area contributed by atoms with Crippen molar-refractivity contribution in [3.05, 3.63) is 72.0 Å². The van der Waals surface area contributed by atoms with Crippen molar-refractivity contribution in [1.82, 2.24) is 4.90 Å². The van der Waals surface area contributed by atoms with Gasteiger partial charge in [0.1, 0.15) is 5.76 Å². The van der Waals surface area contributed by atoms with Gasteiger partial charge in [0.15, 0.2) is 11.5 Å². The molecule has 0 N–H and O–H groups in total. The van der Waals surface area contributed by atoms with E-state index in [1.165, 1.54) is 0 Å². The zero-order valence-electron chi connectivity index (χ0n) is 14.0. The SMILES string of the molecule is COC1=CC=CC(C=CC(=O)c2ccccc2)C1(OC)N(C)C. The molecule has 0 spiro atoms. The van der Waals surface area contributed by atoms with Crippen LogP contribution < -0.4 is 0 Å². The molecule has 4 nitrogen and oxygen atoms in total. The molecular weight excluding hydrogens is 290 g/mol. The van der Waals surface area contributed by atoms with Crippen LogP contribution in [0.15, 0.2) is 66.5 Å². The third-order valence-electron chi connectivity index (χ3n) is 4.08. The van der Waals surface area contributed by atoms with E-state index in [1.807, 2.05) is 61.5 Å². The minimum atomic E-state index is -0.767. The van der Waals surface area contributed by atoms with Crippen LogP contribution in [0.25, 0.3) is 0 Å². The molecule has 1 aromatic carbocycles. The molecule has 0 fully saturated rings. The minimum Gasteiger partial charge on any atom is -0.496 e. The van der Waals surface area contributed by atoms with Gasteiger partial charge in [-0.2, -0.15) is 0 Å². The molecule has 4 heteroatoms. The molecule has 2 atom stereocenters. The summed E-state index contributed by atoms with van der Waals surface area (Å²) in [5.41, 5.74) is -0.101.